The average Bonchev–Trinajstić information content (AvgIpc) is 2.55. The van der Waals surface area contributed by atoms with Crippen LogP contribution >= 0.6 is 12.2 Å². The van der Waals surface area contributed by atoms with Crippen molar-refractivity contribution in [3.63, 3.8) is 0 Å². The fourth-order valence-electron chi connectivity index (χ4n) is 1.78. The number of nitrogens with one attached hydrogen (secondary N) is 1. The van der Waals surface area contributed by atoms with Crippen molar-refractivity contribution in [2.45, 2.75) is 19.4 Å². The lowest BCUT2D eigenvalue weighted by Gasteiger charge is -2.14. The molecule has 1 unspecified atom stereocenters. The molecule has 1 heterocycles. The zero-order valence-corrected chi connectivity index (χ0v) is 10.5. The topological polar surface area (TPSA) is 69.6 Å². The van der Waals surface area contributed by atoms with Crippen LogP contribution in [0.3, 0.4) is 0 Å². The van der Waals surface area contributed by atoms with Gasteiger partial charge in [0.05, 0.1) is 12.1 Å². The fourth-order valence-corrected chi connectivity index (χ4v) is 2.12. The van der Waals surface area contributed by atoms with Gasteiger partial charge in [-0.25, -0.2) is 0 Å². The summed E-state index contributed by atoms with van der Waals surface area (Å²) in [7, 11) is 0. The number of carboxylic acids is 1. The fraction of sp³-hybridized carbons (Fsp3) is 0.250. The standard InChI is InChI=1S/C12H12N2O3S/c1-7-2-4-8(5-3-7)14-11(17)9(6-10(15)16)13-12(14)18/h2-5,9H,6H2,1H3,(H,13,18)(H,15,16). The number of benzene rings is 1. The van der Waals surface area contributed by atoms with E-state index in [1.165, 1.54) is 4.90 Å². The third-order valence-electron chi connectivity index (χ3n) is 2.69. The van der Waals surface area contributed by atoms with Crippen LogP contribution in [0.5, 0.6) is 0 Å². The number of aliphatic carboxylic acids is 1. The molecule has 0 saturated carbocycles. The number of amides is 1. The number of carbonyl (C=O) groups excluding carboxylic acids is 1. The van der Waals surface area contributed by atoms with Crippen molar-refractivity contribution in [2.24, 2.45) is 0 Å². The Balaban J connectivity index is 2.24. The van der Waals surface area contributed by atoms with Crippen LogP contribution in [0.25, 0.3) is 0 Å². The number of carbonyl (C=O) groups is 2. The summed E-state index contributed by atoms with van der Waals surface area (Å²) in [6.45, 7) is 1.94. The van der Waals surface area contributed by atoms with Gasteiger partial charge in [0.25, 0.3) is 5.91 Å². The average molecular weight is 264 g/mol. The number of nitrogens with zero attached hydrogens (tertiary/aromatic N) is 1. The number of aryl methyl sites for hydroxylation is 1. The zero-order chi connectivity index (χ0) is 13.3. The Morgan fingerprint density at radius 2 is 2.06 bits per heavy atom. The molecule has 0 bridgehead atoms. The molecule has 6 heteroatoms. The van der Waals surface area contributed by atoms with Crippen molar-refractivity contribution in [2.75, 3.05) is 4.90 Å². The van der Waals surface area contributed by atoms with Gasteiger partial charge in [-0.2, -0.15) is 0 Å². The van der Waals surface area contributed by atoms with Gasteiger partial charge >= 0.3 is 5.97 Å². The van der Waals surface area contributed by atoms with Gasteiger partial charge in [-0.3, -0.25) is 14.5 Å². The van der Waals surface area contributed by atoms with Crippen molar-refractivity contribution < 1.29 is 14.7 Å². The predicted molar refractivity (Wildman–Crippen MR) is 70.4 cm³/mol. The minimum absolute atomic E-state index is 0.245. The molecule has 0 aromatic heterocycles. The third-order valence-corrected chi connectivity index (χ3v) is 2.99. The van der Waals surface area contributed by atoms with Gasteiger partial charge in [0.2, 0.25) is 0 Å². The molecule has 1 aromatic carbocycles. The number of hydrogen-bond acceptors (Lipinski definition) is 3. The Hall–Kier alpha value is -1.95. The summed E-state index contributed by atoms with van der Waals surface area (Å²) in [6, 6.07) is 6.52. The molecule has 94 valence electrons. The number of thiocarbonyl (C=S) groups is 1. The van der Waals surface area contributed by atoms with Crippen LogP contribution in [0.2, 0.25) is 0 Å². The van der Waals surface area contributed by atoms with Crippen molar-refractivity contribution in [3.05, 3.63) is 29.8 Å². The lowest BCUT2D eigenvalue weighted by molar-refractivity contribution is -0.139. The number of carboxylic acid groups (broad SMARTS) is 1. The highest BCUT2D eigenvalue weighted by Gasteiger charge is 2.37. The smallest absolute Gasteiger partial charge is 0.305 e. The van der Waals surface area contributed by atoms with Gasteiger partial charge in [0, 0.05) is 0 Å². The quantitative estimate of drug-likeness (QED) is 0.799. The van der Waals surface area contributed by atoms with E-state index in [9.17, 15) is 9.59 Å². The van der Waals surface area contributed by atoms with Crippen LogP contribution in [-0.2, 0) is 9.59 Å². The normalized spacial score (nSPS) is 18.9. The first kappa shape index (κ1) is 12.5. The van der Waals surface area contributed by atoms with E-state index in [0.29, 0.717) is 5.69 Å². The first-order valence-electron chi connectivity index (χ1n) is 5.42. The van der Waals surface area contributed by atoms with Crippen LogP contribution in [0.1, 0.15) is 12.0 Å². The summed E-state index contributed by atoms with van der Waals surface area (Å²) >= 11 is 5.06. The van der Waals surface area contributed by atoms with Crippen LogP contribution in [0, 0.1) is 6.92 Å². The predicted octanol–water partition coefficient (Wildman–Crippen LogP) is 1.06. The summed E-state index contributed by atoms with van der Waals surface area (Å²) in [4.78, 5) is 24.0. The van der Waals surface area contributed by atoms with E-state index >= 15 is 0 Å². The number of anilines is 1. The van der Waals surface area contributed by atoms with E-state index in [2.05, 4.69) is 5.32 Å². The summed E-state index contributed by atoms with van der Waals surface area (Å²) < 4.78 is 0. The lowest BCUT2D eigenvalue weighted by atomic mass is 10.2. The van der Waals surface area contributed by atoms with E-state index in [-0.39, 0.29) is 17.4 Å². The molecule has 1 saturated heterocycles. The van der Waals surface area contributed by atoms with Gasteiger partial charge in [0.15, 0.2) is 5.11 Å². The van der Waals surface area contributed by atoms with Crippen molar-refractivity contribution >= 4 is 34.9 Å². The van der Waals surface area contributed by atoms with Crippen LogP contribution < -0.4 is 10.2 Å². The molecule has 1 aliphatic heterocycles. The summed E-state index contributed by atoms with van der Waals surface area (Å²) in [5, 5.41) is 11.7. The maximum atomic E-state index is 12.0. The first-order valence-corrected chi connectivity index (χ1v) is 5.83. The molecule has 5 nitrogen and oxygen atoms in total. The number of rotatable bonds is 3. The van der Waals surface area contributed by atoms with E-state index in [4.69, 9.17) is 17.3 Å². The Labute approximate surface area is 109 Å². The minimum atomic E-state index is -1.03. The molecule has 2 rings (SSSR count). The van der Waals surface area contributed by atoms with Crippen LogP contribution in [0.4, 0.5) is 5.69 Å². The van der Waals surface area contributed by atoms with Gasteiger partial charge < -0.3 is 10.4 Å². The molecule has 1 amide bonds. The maximum absolute atomic E-state index is 12.0. The largest absolute Gasteiger partial charge is 0.481 e. The second-order valence-corrected chi connectivity index (χ2v) is 4.50. The molecule has 18 heavy (non-hydrogen) atoms. The molecule has 1 atom stereocenters. The highest BCUT2D eigenvalue weighted by atomic mass is 32.1. The third kappa shape index (κ3) is 2.33. The molecule has 0 spiro atoms. The van der Waals surface area contributed by atoms with Gasteiger partial charge in [-0.05, 0) is 31.3 Å². The monoisotopic (exact) mass is 264 g/mol. The Bertz CT molecular complexity index is 513. The Morgan fingerprint density at radius 1 is 1.44 bits per heavy atom. The zero-order valence-electron chi connectivity index (χ0n) is 9.71. The van der Waals surface area contributed by atoms with Gasteiger partial charge in [-0.1, -0.05) is 17.7 Å². The van der Waals surface area contributed by atoms with Crippen LogP contribution in [0.15, 0.2) is 24.3 Å². The summed E-state index contributed by atoms with van der Waals surface area (Å²) in [6.07, 6.45) is -0.276. The molecular formula is C12H12N2O3S. The van der Waals surface area contributed by atoms with Gasteiger partial charge in [-0.15, -0.1) is 0 Å². The molecule has 1 aliphatic rings. The lowest BCUT2D eigenvalue weighted by Crippen LogP contribution is -2.32. The van der Waals surface area contributed by atoms with Crippen molar-refractivity contribution in [1.82, 2.24) is 5.32 Å². The van der Waals surface area contributed by atoms with E-state index in [1.807, 2.05) is 19.1 Å². The molecule has 1 fully saturated rings. The summed E-state index contributed by atoms with van der Waals surface area (Å²) in [5.41, 5.74) is 1.72. The van der Waals surface area contributed by atoms with Crippen LogP contribution in [-0.4, -0.2) is 28.1 Å². The minimum Gasteiger partial charge on any atom is -0.481 e. The maximum Gasteiger partial charge on any atom is 0.305 e. The number of hydrogen-bond donors (Lipinski definition) is 2. The first-order chi connectivity index (χ1) is 8.49. The van der Waals surface area contributed by atoms with E-state index < -0.39 is 12.0 Å². The Kier molecular flexibility index (Phi) is 3.29. The molecule has 0 aliphatic carbocycles. The Morgan fingerprint density at radius 3 is 2.61 bits per heavy atom. The molecule has 1 aromatic rings. The second kappa shape index (κ2) is 4.73. The summed E-state index contributed by atoms with van der Waals surface area (Å²) in [5.74, 6) is -1.36. The van der Waals surface area contributed by atoms with E-state index in [1.54, 1.807) is 12.1 Å². The van der Waals surface area contributed by atoms with Gasteiger partial charge in [0.1, 0.15) is 6.04 Å². The molecule has 2 N–H and O–H groups in total. The van der Waals surface area contributed by atoms with Crippen molar-refractivity contribution in [1.29, 1.82) is 0 Å². The van der Waals surface area contributed by atoms with Crippen molar-refractivity contribution in [3.8, 4) is 0 Å². The SMILES string of the molecule is Cc1ccc(N2C(=O)C(CC(=O)O)NC2=S)cc1. The van der Waals surface area contributed by atoms with E-state index in [0.717, 1.165) is 5.56 Å². The molecule has 0 radical (unpaired) electrons. The second-order valence-electron chi connectivity index (χ2n) is 4.11. The highest BCUT2D eigenvalue weighted by molar-refractivity contribution is 7.80. The molecular weight excluding hydrogens is 252 g/mol. The highest BCUT2D eigenvalue weighted by Crippen LogP contribution is 2.21.